The molecule has 1 aliphatic heterocycles. The molecular weight excluding hydrogens is 228 g/mol. The molecule has 1 aliphatic rings. The number of likely N-dealkylation sites (tertiary alicyclic amines) is 1. The zero-order valence-electron chi connectivity index (χ0n) is 12.5. The smallest absolute Gasteiger partial charge is 0.225 e. The molecule has 4 heteroatoms. The van der Waals surface area contributed by atoms with Crippen molar-refractivity contribution in [1.82, 2.24) is 10.2 Å². The molecule has 0 aromatic rings. The van der Waals surface area contributed by atoms with Gasteiger partial charge in [0.25, 0.3) is 0 Å². The minimum absolute atomic E-state index is 0.00181. The SMILES string of the molecule is CCC(C)(C)NC(=O)C1CC(=O)N(C(C)(C)C)C1. The lowest BCUT2D eigenvalue weighted by molar-refractivity contribution is -0.132. The fraction of sp³-hybridized carbons (Fsp3) is 0.857. The Kier molecular flexibility index (Phi) is 4.08. The predicted molar refractivity (Wildman–Crippen MR) is 72.1 cm³/mol. The lowest BCUT2D eigenvalue weighted by Gasteiger charge is -2.32. The maximum Gasteiger partial charge on any atom is 0.225 e. The molecular formula is C14H26N2O2. The molecule has 1 saturated heterocycles. The molecule has 18 heavy (non-hydrogen) atoms. The van der Waals surface area contributed by atoms with Crippen LogP contribution in [0.5, 0.6) is 0 Å². The van der Waals surface area contributed by atoms with E-state index in [1.54, 1.807) is 4.90 Å². The lowest BCUT2D eigenvalue weighted by atomic mass is 9.99. The molecule has 1 atom stereocenters. The fourth-order valence-corrected chi connectivity index (χ4v) is 2.06. The molecule has 1 heterocycles. The van der Waals surface area contributed by atoms with E-state index in [0.717, 1.165) is 6.42 Å². The Bertz CT molecular complexity index is 342. The van der Waals surface area contributed by atoms with Crippen LogP contribution < -0.4 is 5.32 Å². The fourth-order valence-electron chi connectivity index (χ4n) is 2.06. The number of nitrogens with one attached hydrogen (secondary N) is 1. The van der Waals surface area contributed by atoms with Crippen LogP contribution in [0.1, 0.15) is 54.4 Å². The number of carbonyl (C=O) groups excluding carboxylic acids is 2. The largest absolute Gasteiger partial charge is 0.351 e. The summed E-state index contributed by atoms with van der Waals surface area (Å²) in [5.41, 5.74) is -0.401. The van der Waals surface area contributed by atoms with E-state index in [-0.39, 0.29) is 28.8 Å². The van der Waals surface area contributed by atoms with Crippen molar-refractivity contribution >= 4 is 11.8 Å². The van der Waals surface area contributed by atoms with E-state index in [0.29, 0.717) is 13.0 Å². The van der Waals surface area contributed by atoms with Gasteiger partial charge in [-0.3, -0.25) is 9.59 Å². The second-order valence-corrected chi connectivity index (χ2v) is 6.80. The van der Waals surface area contributed by atoms with Crippen LogP contribution in [0.25, 0.3) is 0 Å². The van der Waals surface area contributed by atoms with E-state index >= 15 is 0 Å². The van der Waals surface area contributed by atoms with Crippen molar-refractivity contribution in [3.63, 3.8) is 0 Å². The quantitative estimate of drug-likeness (QED) is 0.836. The Morgan fingerprint density at radius 3 is 2.28 bits per heavy atom. The van der Waals surface area contributed by atoms with Crippen LogP contribution in [0.15, 0.2) is 0 Å². The van der Waals surface area contributed by atoms with Gasteiger partial charge in [-0.15, -0.1) is 0 Å². The lowest BCUT2D eigenvalue weighted by Crippen LogP contribution is -2.47. The van der Waals surface area contributed by atoms with Gasteiger partial charge >= 0.3 is 0 Å². The highest BCUT2D eigenvalue weighted by Gasteiger charge is 2.40. The summed E-state index contributed by atoms with van der Waals surface area (Å²) in [5, 5.41) is 3.02. The Morgan fingerprint density at radius 2 is 1.89 bits per heavy atom. The molecule has 1 rings (SSSR count). The van der Waals surface area contributed by atoms with Crippen LogP contribution in [0.3, 0.4) is 0 Å². The normalized spacial score (nSPS) is 21.3. The zero-order chi connectivity index (χ0) is 14.1. The molecule has 2 amide bonds. The number of nitrogens with zero attached hydrogens (tertiary/aromatic N) is 1. The van der Waals surface area contributed by atoms with Crippen LogP contribution in [0.4, 0.5) is 0 Å². The molecule has 0 radical (unpaired) electrons. The molecule has 4 nitrogen and oxygen atoms in total. The van der Waals surface area contributed by atoms with E-state index in [1.165, 1.54) is 0 Å². The monoisotopic (exact) mass is 254 g/mol. The summed E-state index contributed by atoms with van der Waals surface area (Å²) >= 11 is 0. The maximum atomic E-state index is 12.1. The third kappa shape index (κ3) is 3.47. The number of rotatable bonds is 3. The molecule has 1 N–H and O–H groups in total. The summed E-state index contributed by atoms with van der Waals surface area (Å²) in [6.45, 7) is 12.6. The molecule has 1 unspecified atom stereocenters. The number of hydrogen-bond acceptors (Lipinski definition) is 2. The van der Waals surface area contributed by atoms with E-state index in [1.807, 2.05) is 41.5 Å². The minimum Gasteiger partial charge on any atom is -0.351 e. The molecule has 0 bridgehead atoms. The first-order valence-electron chi connectivity index (χ1n) is 6.69. The summed E-state index contributed by atoms with van der Waals surface area (Å²) in [6.07, 6.45) is 1.21. The van der Waals surface area contributed by atoms with Crippen LogP contribution in [-0.4, -0.2) is 34.3 Å². The van der Waals surface area contributed by atoms with Gasteiger partial charge in [-0.1, -0.05) is 6.92 Å². The first-order chi connectivity index (χ1) is 8.07. The third-order valence-corrected chi connectivity index (χ3v) is 3.65. The molecule has 0 saturated carbocycles. The van der Waals surface area contributed by atoms with E-state index < -0.39 is 0 Å². The average Bonchev–Trinajstić information content (AvgIpc) is 2.59. The number of hydrogen-bond donors (Lipinski definition) is 1. The topological polar surface area (TPSA) is 49.4 Å². The highest BCUT2D eigenvalue weighted by Crippen LogP contribution is 2.26. The molecule has 1 fully saturated rings. The van der Waals surface area contributed by atoms with E-state index in [9.17, 15) is 9.59 Å². The van der Waals surface area contributed by atoms with Crippen molar-refractivity contribution < 1.29 is 9.59 Å². The summed E-state index contributed by atoms with van der Waals surface area (Å²) in [4.78, 5) is 25.9. The average molecular weight is 254 g/mol. The van der Waals surface area contributed by atoms with Gasteiger partial charge < -0.3 is 10.2 Å². The number of amides is 2. The predicted octanol–water partition coefficient (Wildman–Crippen LogP) is 1.94. The first-order valence-corrected chi connectivity index (χ1v) is 6.69. The zero-order valence-corrected chi connectivity index (χ0v) is 12.5. The van der Waals surface area contributed by atoms with E-state index in [4.69, 9.17) is 0 Å². The van der Waals surface area contributed by atoms with Crippen molar-refractivity contribution in [1.29, 1.82) is 0 Å². The van der Waals surface area contributed by atoms with Crippen molar-refractivity contribution in [2.45, 2.75) is 65.5 Å². The molecule has 0 aromatic heterocycles. The maximum absolute atomic E-state index is 12.1. The highest BCUT2D eigenvalue weighted by atomic mass is 16.2. The Hall–Kier alpha value is -1.06. The summed E-state index contributed by atoms with van der Waals surface area (Å²) in [7, 11) is 0. The van der Waals surface area contributed by atoms with Crippen LogP contribution in [0.2, 0.25) is 0 Å². The second-order valence-electron chi connectivity index (χ2n) is 6.80. The second kappa shape index (κ2) is 4.90. The molecule has 104 valence electrons. The van der Waals surface area contributed by atoms with Gasteiger partial charge in [0.15, 0.2) is 0 Å². The minimum atomic E-state index is -0.206. The van der Waals surface area contributed by atoms with Crippen LogP contribution in [-0.2, 0) is 9.59 Å². The Morgan fingerprint density at radius 1 is 1.33 bits per heavy atom. The van der Waals surface area contributed by atoms with Gasteiger partial charge in [-0.05, 0) is 41.0 Å². The third-order valence-electron chi connectivity index (χ3n) is 3.65. The van der Waals surface area contributed by atoms with Gasteiger partial charge in [0.1, 0.15) is 0 Å². The Balaban J connectivity index is 2.67. The summed E-state index contributed by atoms with van der Waals surface area (Å²) in [5.74, 6) is -0.124. The van der Waals surface area contributed by atoms with Gasteiger partial charge in [0.05, 0.1) is 5.92 Å². The summed E-state index contributed by atoms with van der Waals surface area (Å²) in [6, 6.07) is 0. The number of carbonyl (C=O) groups is 2. The van der Waals surface area contributed by atoms with Crippen LogP contribution in [0, 0.1) is 5.92 Å². The van der Waals surface area contributed by atoms with Crippen molar-refractivity contribution in [3.05, 3.63) is 0 Å². The van der Waals surface area contributed by atoms with Crippen molar-refractivity contribution in [3.8, 4) is 0 Å². The van der Waals surface area contributed by atoms with Gasteiger partial charge in [0, 0.05) is 24.0 Å². The standard InChI is InChI=1S/C14H26N2O2/c1-7-14(5,6)15-12(18)10-8-11(17)16(9-10)13(2,3)4/h10H,7-9H2,1-6H3,(H,15,18). The van der Waals surface area contributed by atoms with Crippen molar-refractivity contribution in [2.75, 3.05) is 6.54 Å². The van der Waals surface area contributed by atoms with Crippen molar-refractivity contribution in [2.24, 2.45) is 5.92 Å². The first kappa shape index (κ1) is 15.0. The Labute approximate surface area is 110 Å². The van der Waals surface area contributed by atoms with E-state index in [2.05, 4.69) is 5.32 Å². The molecule has 0 aliphatic carbocycles. The van der Waals surface area contributed by atoms with Gasteiger partial charge in [-0.2, -0.15) is 0 Å². The van der Waals surface area contributed by atoms with Gasteiger partial charge in [0.2, 0.25) is 11.8 Å². The van der Waals surface area contributed by atoms with Gasteiger partial charge in [-0.25, -0.2) is 0 Å². The molecule has 0 spiro atoms. The highest BCUT2D eigenvalue weighted by molar-refractivity contribution is 5.89. The molecule has 0 aromatic carbocycles. The summed E-state index contributed by atoms with van der Waals surface area (Å²) < 4.78 is 0. The van der Waals surface area contributed by atoms with Crippen LogP contribution >= 0.6 is 0 Å².